The number of anilines is 1. The first kappa shape index (κ1) is 18.2. The maximum atomic E-state index is 10.9. The number of rotatable bonds is 3. The minimum Gasteiger partial charge on any atom is -0.388 e. The number of halogens is 2. The van der Waals surface area contributed by atoms with E-state index in [1.807, 2.05) is 28.8 Å². The lowest BCUT2D eigenvalue weighted by molar-refractivity contribution is -0.0725. The molecule has 1 aliphatic heterocycles. The molecule has 1 aromatic carbocycles. The summed E-state index contributed by atoms with van der Waals surface area (Å²) in [5.74, 6) is 1.32. The van der Waals surface area contributed by atoms with E-state index in [4.69, 9.17) is 22.1 Å². The minimum atomic E-state index is -0.828. The Morgan fingerprint density at radius 2 is 1.96 bits per heavy atom. The molecule has 3 N–H and O–H groups in total. The minimum absolute atomic E-state index is 0. The Balaban J connectivity index is 0.00000182. The molecule has 1 aliphatic rings. The molecule has 4 rings (SSSR count). The van der Waals surface area contributed by atoms with Crippen molar-refractivity contribution >= 4 is 51.8 Å². The summed E-state index contributed by atoms with van der Waals surface area (Å²) >= 11 is 6.12. The summed E-state index contributed by atoms with van der Waals surface area (Å²) in [6, 6.07) is 7.80. The second-order valence-corrected chi connectivity index (χ2v) is 6.56. The third-order valence-electron chi connectivity index (χ3n) is 4.68. The van der Waals surface area contributed by atoms with Crippen LogP contribution < -0.4 is 5.73 Å². The first-order valence-corrected chi connectivity index (χ1v) is 8.54. The van der Waals surface area contributed by atoms with Crippen LogP contribution in [0.1, 0.15) is 18.7 Å². The van der Waals surface area contributed by atoms with Crippen molar-refractivity contribution in [3.05, 3.63) is 30.1 Å². The highest BCUT2D eigenvalue weighted by molar-refractivity contribution is 6.17. The van der Waals surface area contributed by atoms with E-state index in [-0.39, 0.29) is 18.3 Å². The molecular formula is C17H20Cl2N4O2. The normalized spacial score (nSPS) is 16.9. The van der Waals surface area contributed by atoms with E-state index in [1.54, 1.807) is 0 Å². The van der Waals surface area contributed by atoms with Crippen molar-refractivity contribution < 1.29 is 9.84 Å². The summed E-state index contributed by atoms with van der Waals surface area (Å²) < 4.78 is 7.37. The van der Waals surface area contributed by atoms with Crippen LogP contribution >= 0.6 is 24.0 Å². The molecule has 0 spiro atoms. The Morgan fingerprint density at radius 3 is 2.68 bits per heavy atom. The predicted molar refractivity (Wildman–Crippen MR) is 101 cm³/mol. The molecule has 134 valence electrons. The summed E-state index contributed by atoms with van der Waals surface area (Å²) in [5.41, 5.74) is 7.62. The SMILES string of the molecule is Cl.Nc1nc2ccccc2c2c1nc(CCl)n2CC1(O)CCOCC1. The van der Waals surface area contributed by atoms with Gasteiger partial charge in [0.1, 0.15) is 11.3 Å². The number of benzene rings is 1. The topological polar surface area (TPSA) is 86.2 Å². The smallest absolute Gasteiger partial charge is 0.152 e. The number of para-hydroxylation sites is 1. The summed E-state index contributed by atoms with van der Waals surface area (Å²) in [4.78, 5) is 9.01. The Hall–Kier alpha value is -1.60. The fraction of sp³-hybridized carbons (Fsp3) is 0.412. The van der Waals surface area contributed by atoms with Gasteiger partial charge >= 0.3 is 0 Å². The molecule has 3 heterocycles. The molecule has 6 nitrogen and oxygen atoms in total. The molecule has 0 saturated carbocycles. The van der Waals surface area contributed by atoms with Crippen molar-refractivity contribution in [3.63, 3.8) is 0 Å². The molecule has 25 heavy (non-hydrogen) atoms. The molecule has 3 aromatic rings. The maximum absolute atomic E-state index is 10.9. The molecule has 0 atom stereocenters. The Labute approximate surface area is 156 Å². The maximum Gasteiger partial charge on any atom is 0.152 e. The lowest BCUT2D eigenvalue weighted by atomic mass is 9.94. The number of aliphatic hydroxyl groups is 1. The van der Waals surface area contributed by atoms with Crippen LogP contribution in [0.25, 0.3) is 21.9 Å². The zero-order valence-electron chi connectivity index (χ0n) is 13.6. The Bertz CT molecular complexity index is 906. The number of ether oxygens (including phenoxy) is 1. The van der Waals surface area contributed by atoms with E-state index < -0.39 is 5.60 Å². The monoisotopic (exact) mass is 382 g/mol. The van der Waals surface area contributed by atoms with Gasteiger partial charge in [-0.05, 0) is 6.07 Å². The molecule has 0 aliphatic carbocycles. The number of pyridine rings is 1. The molecule has 0 radical (unpaired) electrons. The highest BCUT2D eigenvalue weighted by Gasteiger charge is 2.32. The van der Waals surface area contributed by atoms with E-state index >= 15 is 0 Å². The quantitative estimate of drug-likeness (QED) is 0.680. The Morgan fingerprint density at radius 1 is 1.24 bits per heavy atom. The van der Waals surface area contributed by atoms with Gasteiger partial charge in [-0.25, -0.2) is 9.97 Å². The van der Waals surface area contributed by atoms with Gasteiger partial charge in [0.25, 0.3) is 0 Å². The van der Waals surface area contributed by atoms with Crippen LogP contribution in [-0.4, -0.2) is 38.5 Å². The summed E-state index contributed by atoms with van der Waals surface area (Å²) in [6.45, 7) is 1.54. The lowest BCUT2D eigenvalue weighted by Crippen LogP contribution is -2.40. The van der Waals surface area contributed by atoms with E-state index in [9.17, 15) is 5.11 Å². The molecule has 0 amide bonds. The van der Waals surface area contributed by atoms with E-state index in [1.165, 1.54) is 0 Å². The van der Waals surface area contributed by atoms with Crippen LogP contribution in [0.5, 0.6) is 0 Å². The number of alkyl halides is 1. The van der Waals surface area contributed by atoms with Crippen LogP contribution in [0.15, 0.2) is 24.3 Å². The van der Waals surface area contributed by atoms with Gasteiger partial charge in [0.05, 0.1) is 29.1 Å². The van der Waals surface area contributed by atoms with E-state index in [0.29, 0.717) is 49.8 Å². The van der Waals surface area contributed by atoms with Gasteiger partial charge < -0.3 is 20.1 Å². The van der Waals surface area contributed by atoms with Crippen LogP contribution in [0.2, 0.25) is 0 Å². The number of nitrogen functional groups attached to an aromatic ring is 1. The number of fused-ring (bicyclic) bond motifs is 3. The van der Waals surface area contributed by atoms with Crippen molar-refractivity contribution in [1.82, 2.24) is 14.5 Å². The predicted octanol–water partition coefficient (Wildman–Crippen LogP) is 2.87. The third-order valence-corrected chi connectivity index (χ3v) is 4.92. The fourth-order valence-electron chi connectivity index (χ4n) is 3.38. The summed E-state index contributed by atoms with van der Waals surface area (Å²) in [6.07, 6.45) is 1.18. The van der Waals surface area contributed by atoms with Crippen LogP contribution in [0.4, 0.5) is 5.82 Å². The fourth-order valence-corrected chi connectivity index (χ4v) is 3.59. The molecular weight excluding hydrogens is 363 g/mol. The number of nitrogens with zero attached hydrogens (tertiary/aromatic N) is 3. The van der Waals surface area contributed by atoms with Crippen LogP contribution in [0.3, 0.4) is 0 Å². The van der Waals surface area contributed by atoms with Crippen molar-refractivity contribution in [2.75, 3.05) is 18.9 Å². The van der Waals surface area contributed by atoms with Gasteiger partial charge in [-0.3, -0.25) is 0 Å². The molecule has 0 bridgehead atoms. The zero-order chi connectivity index (χ0) is 16.7. The second kappa shape index (κ2) is 6.96. The molecule has 2 aromatic heterocycles. The third kappa shape index (κ3) is 3.15. The zero-order valence-corrected chi connectivity index (χ0v) is 15.2. The number of imidazole rings is 1. The largest absolute Gasteiger partial charge is 0.388 e. The van der Waals surface area contributed by atoms with Gasteiger partial charge in [0.15, 0.2) is 5.82 Å². The number of nitrogens with two attached hydrogens (primary N) is 1. The summed E-state index contributed by atoms with van der Waals surface area (Å²) in [5, 5.41) is 11.9. The van der Waals surface area contributed by atoms with Gasteiger partial charge in [0, 0.05) is 31.4 Å². The highest BCUT2D eigenvalue weighted by Crippen LogP contribution is 2.32. The highest BCUT2D eigenvalue weighted by atomic mass is 35.5. The number of hydrogen-bond acceptors (Lipinski definition) is 5. The summed E-state index contributed by atoms with van der Waals surface area (Å²) in [7, 11) is 0. The van der Waals surface area contributed by atoms with Crippen molar-refractivity contribution in [1.29, 1.82) is 0 Å². The molecule has 0 unspecified atom stereocenters. The standard InChI is InChI=1S/C17H19ClN4O2.ClH/c18-9-13-21-14-15(11-3-1-2-4-12(11)20-16(14)19)22(13)10-17(23)5-7-24-8-6-17;/h1-4,23H,5-10H2,(H2,19,20);1H. The van der Waals surface area contributed by atoms with Crippen molar-refractivity contribution in [3.8, 4) is 0 Å². The van der Waals surface area contributed by atoms with Crippen molar-refractivity contribution in [2.45, 2.75) is 30.9 Å². The average molecular weight is 383 g/mol. The van der Waals surface area contributed by atoms with Gasteiger partial charge in [-0.2, -0.15) is 0 Å². The average Bonchev–Trinajstić information content (AvgIpc) is 2.94. The number of aromatic nitrogens is 3. The van der Waals surface area contributed by atoms with Crippen LogP contribution in [-0.2, 0) is 17.2 Å². The van der Waals surface area contributed by atoms with Gasteiger partial charge in [-0.15, -0.1) is 24.0 Å². The second-order valence-electron chi connectivity index (χ2n) is 6.30. The van der Waals surface area contributed by atoms with E-state index in [2.05, 4.69) is 9.97 Å². The Kier molecular flexibility index (Phi) is 5.06. The van der Waals surface area contributed by atoms with Gasteiger partial charge in [0.2, 0.25) is 0 Å². The number of hydrogen-bond donors (Lipinski definition) is 2. The first-order valence-electron chi connectivity index (χ1n) is 8.01. The molecule has 1 fully saturated rings. The van der Waals surface area contributed by atoms with E-state index in [0.717, 1.165) is 16.4 Å². The molecule has 8 heteroatoms. The first-order chi connectivity index (χ1) is 11.6. The van der Waals surface area contributed by atoms with Crippen molar-refractivity contribution in [2.24, 2.45) is 0 Å². The lowest BCUT2D eigenvalue weighted by Gasteiger charge is -2.33. The molecule has 1 saturated heterocycles. The van der Waals surface area contributed by atoms with Crippen LogP contribution in [0, 0.1) is 0 Å². The van der Waals surface area contributed by atoms with Gasteiger partial charge in [-0.1, -0.05) is 18.2 Å².